The molecule has 0 saturated heterocycles. The Morgan fingerprint density at radius 3 is 2.82 bits per heavy atom. The van der Waals surface area contributed by atoms with Gasteiger partial charge in [-0.2, -0.15) is 0 Å². The van der Waals surface area contributed by atoms with Gasteiger partial charge in [0, 0.05) is 17.5 Å². The fraction of sp³-hybridized carbons (Fsp3) is 0.167. The zero-order chi connectivity index (χ0) is 12.3. The standard InChI is InChI=1S/C12H13N3OS/c1-8-5-11(13)15-12(14-8)17-7-9-3-2-4-10(16)6-9/h2-6,16H,7H2,1H3,(H2,13,14,15). The van der Waals surface area contributed by atoms with E-state index < -0.39 is 0 Å². The van der Waals surface area contributed by atoms with Crippen molar-refractivity contribution in [1.82, 2.24) is 9.97 Å². The molecule has 0 spiro atoms. The maximum Gasteiger partial charge on any atom is 0.190 e. The van der Waals surface area contributed by atoms with Crippen LogP contribution in [0, 0.1) is 6.92 Å². The van der Waals surface area contributed by atoms with E-state index in [1.807, 2.05) is 19.1 Å². The number of phenolic OH excluding ortho intramolecular Hbond substituents is 1. The van der Waals surface area contributed by atoms with Crippen molar-refractivity contribution >= 4 is 17.6 Å². The van der Waals surface area contributed by atoms with Crippen molar-refractivity contribution in [2.75, 3.05) is 5.73 Å². The van der Waals surface area contributed by atoms with Crippen molar-refractivity contribution in [2.24, 2.45) is 0 Å². The quantitative estimate of drug-likeness (QED) is 0.643. The van der Waals surface area contributed by atoms with Crippen molar-refractivity contribution in [3.05, 3.63) is 41.6 Å². The van der Waals surface area contributed by atoms with Gasteiger partial charge in [-0.3, -0.25) is 0 Å². The lowest BCUT2D eigenvalue weighted by Gasteiger charge is -2.03. The van der Waals surface area contributed by atoms with Crippen LogP contribution in [0.4, 0.5) is 5.82 Å². The number of phenols is 1. The summed E-state index contributed by atoms with van der Waals surface area (Å²) in [6.45, 7) is 1.89. The lowest BCUT2D eigenvalue weighted by atomic mass is 10.2. The summed E-state index contributed by atoms with van der Waals surface area (Å²) in [5.74, 6) is 1.46. The van der Waals surface area contributed by atoms with Gasteiger partial charge in [0.05, 0.1) is 0 Å². The fourth-order valence-corrected chi connectivity index (χ4v) is 2.28. The minimum Gasteiger partial charge on any atom is -0.508 e. The van der Waals surface area contributed by atoms with Crippen molar-refractivity contribution in [3.63, 3.8) is 0 Å². The molecule has 1 aromatic heterocycles. The van der Waals surface area contributed by atoms with Crippen LogP contribution >= 0.6 is 11.8 Å². The lowest BCUT2D eigenvalue weighted by Crippen LogP contribution is -1.96. The van der Waals surface area contributed by atoms with E-state index in [2.05, 4.69) is 9.97 Å². The van der Waals surface area contributed by atoms with Crippen molar-refractivity contribution in [2.45, 2.75) is 17.8 Å². The van der Waals surface area contributed by atoms with Gasteiger partial charge in [0.15, 0.2) is 5.16 Å². The maximum atomic E-state index is 9.34. The summed E-state index contributed by atoms with van der Waals surface area (Å²) < 4.78 is 0. The van der Waals surface area contributed by atoms with E-state index in [1.54, 1.807) is 18.2 Å². The van der Waals surface area contributed by atoms with E-state index >= 15 is 0 Å². The van der Waals surface area contributed by atoms with Crippen LogP contribution in [0.5, 0.6) is 5.75 Å². The maximum absolute atomic E-state index is 9.34. The topological polar surface area (TPSA) is 72.0 Å². The van der Waals surface area contributed by atoms with Crippen LogP contribution in [-0.4, -0.2) is 15.1 Å². The molecule has 0 aliphatic carbocycles. The molecule has 0 unspecified atom stereocenters. The molecule has 1 aromatic carbocycles. The third kappa shape index (κ3) is 3.35. The minimum absolute atomic E-state index is 0.271. The predicted molar refractivity (Wildman–Crippen MR) is 68.8 cm³/mol. The summed E-state index contributed by atoms with van der Waals surface area (Å²) in [5.41, 5.74) is 7.53. The van der Waals surface area contributed by atoms with Gasteiger partial charge < -0.3 is 10.8 Å². The van der Waals surface area contributed by atoms with Crippen molar-refractivity contribution in [1.29, 1.82) is 0 Å². The Hall–Kier alpha value is -1.75. The molecule has 1 heterocycles. The van der Waals surface area contributed by atoms with Crippen LogP contribution in [0.3, 0.4) is 0 Å². The molecular formula is C12H13N3OS. The Balaban J connectivity index is 2.07. The smallest absolute Gasteiger partial charge is 0.190 e. The first-order chi connectivity index (χ1) is 8.13. The van der Waals surface area contributed by atoms with E-state index in [-0.39, 0.29) is 5.75 Å². The molecule has 2 aromatic rings. The fourth-order valence-electron chi connectivity index (χ4n) is 1.42. The van der Waals surface area contributed by atoms with E-state index in [0.717, 1.165) is 11.3 Å². The molecule has 0 fully saturated rings. The number of nitrogen functional groups attached to an aromatic ring is 1. The number of anilines is 1. The molecule has 0 bridgehead atoms. The highest BCUT2D eigenvalue weighted by Gasteiger charge is 2.02. The third-order valence-electron chi connectivity index (χ3n) is 2.13. The number of thioether (sulfide) groups is 1. The summed E-state index contributed by atoms with van der Waals surface area (Å²) in [7, 11) is 0. The van der Waals surface area contributed by atoms with Gasteiger partial charge in [-0.1, -0.05) is 23.9 Å². The van der Waals surface area contributed by atoms with E-state index in [4.69, 9.17) is 5.73 Å². The average Bonchev–Trinajstić information content (AvgIpc) is 2.25. The van der Waals surface area contributed by atoms with Gasteiger partial charge in [0.2, 0.25) is 0 Å². The SMILES string of the molecule is Cc1cc(N)nc(SCc2cccc(O)c2)n1. The summed E-state index contributed by atoms with van der Waals surface area (Å²) in [6, 6.07) is 8.88. The zero-order valence-electron chi connectivity index (χ0n) is 9.42. The molecular weight excluding hydrogens is 234 g/mol. The highest BCUT2D eigenvalue weighted by molar-refractivity contribution is 7.98. The third-order valence-corrected chi connectivity index (χ3v) is 3.05. The zero-order valence-corrected chi connectivity index (χ0v) is 10.2. The largest absolute Gasteiger partial charge is 0.508 e. The van der Waals surface area contributed by atoms with Gasteiger partial charge in [-0.15, -0.1) is 0 Å². The number of nitrogens with zero attached hydrogens (tertiary/aromatic N) is 2. The number of nitrogens with two attached hydrogens (primary N) is 1. The van der Waals surface area contributed by atoms with Crippen molar-refractivity contribution < 1.29 is 5.11 Å². The van der Waals surface area contributed by atoms with Crippen LogP contribution < -0.4 is 5.73 Å². The Morgan fingerprint density at radius 1 is 1.29 bits per heavy atom. The molecule has 88 valence electrons. The number of aromatic nitrogens is 2. The number of hydrogen-bond acceptors (Lipinski definition) is 5. The van der Waals surface area contributed by atoms with Crippen LogP contribution in [0.25, 0.3) is 0 Å². The van der Waals surface area contributed by atoms with Crippen LogP contribution in [0.2, 0.25) is 0 Å². The first kappa shape index (κ1) is 11.7. The summed E-state index contributed by atoms with van der Waals surface area (Å²) >= 11 is 1.50. The second-order valence-electron chi connectivity index (χ2n) is 3.68. The molecule has 2 rings (SSSR count). The summed E-state index contributed by atoms with van der Waals surface area (Å²) in [5, 5.41) is 10.00. The van der Waals surface area contributed by atoms with Gasteiger partial charge >= 0.3 is 0 Å². The normalized spacial score (nSPS) is 10.4. The first-order valence-electron chi connectivity index (χ1n) is 5.15. The van der Waals surface area contributed by atoms with Gasteiger partial charge in [0.25, 0.3) is 0 Å². The molecule has 4 nitrogen and oxygen atoms in total. The molecule has 0 aliphatic heterocycles. The Morgan fingerprint density at radius 2 is 2.12 bits per heavy atom. The molecule has 3 N–H and O–H groups in total. The van der Waals surface area contributed by atoms with Crippen LogP contribution in [0.1, 0.15) is 11.3 Å². The highest BCUT2D eigenvalue weighted by Crippen LogP contribution is 2.22. The first-order valence-corrected chi connectivity index (χ1v) is 6.14. The molecule has 0 aliphatic rings. The molecule has 0 radical (unpaired) electrons. The van der Waals surface area contributed by atoms with E-state index in [1.165, 1.54) is 11.8 Å². The Kier molecular flexibility index (Phi) is 3.49. The van der Waals surface area contributed by atoms with Crippen molar-refractivity contribution in [3.8, 4) is 5.75 Å². The summed E-state index contributed by atoms with van der Waals surface area (Å²) in [6.07, 6.45) is 0. The second-order valence-corrected chi connectivity index (χ2v) is 4.62. The average molecular weight is 247 g/mol. The monoisotopic (exact) mass is 247 g/mol. The molecule has 17 heavy (non-hydrogen) atoms. The van der Waals surface area contributed by atoms with E-state index in [9.17, 15) is 5.11 Å². The van der Waals surface area contributed by atoms with Gasteiger partial charge in [-0.05, 0) is 24.6 Å². The molecule has 0 atom stereocenters. The molecule has 0 amide bonds. The Bertz CT molecular complexity index is 511. The number of aryl methyl sites for hydroxylation is 1. The highest BCUT2D eigenvalue weighted by atomic mass is 32.2. The number of benzene rings is 1. The van der Waals surface area contributed by atoms with Gasteiger partial charge in [0.1, 0.15) is 11.6 Å². The van der Waals surface area contributed by atoms with Crippen LogP contribution in [-0.2, 0) is 5.75 Å². The second kappa shape index (κ2) is 5.05. The minimum atomic E-state index is 0.271. The summed E-state index contributed by atoms with van der Waals surface area (Å²) in [4.78, 5) is 8.42. The number of aromatic hydroxyl groups is 1. The predicted octanol–water partition coefficient (Wildman–Crippen LogP) is 2.37. The Labute approximate surface area is 104 Å². The number of hydrogen-bond donors (Lipinski definition) is 2. The van der Waals surface area contributed by atoms with E-state index in [0.29, 0.717) is 16.7 Å². The van der Waals surface area contributed by atoms with Gasteiger partial charge in [-0.25, -0.2) is 9.97 Å². The molecule has 0 saturated carbocycles. The number of rotatable bonds is 3. The van der Waals surface area contributed by atoms with Crippen LogP contribution in [0.15, 0.2) is 35.5 Å². The lowest BCUT2D eigenvalue weighted by molar-refractivity contribution is 0.475. The molecule has 5 heteroatoms.